The number of amides is 1. The highest BCUT2D eigenvalue weighted by Crippen LogP contribution is 2.28. The molecule has 5 nitrogen and oxygen atoms in total. The van der Waals surface area contributed by atoms with Crippen LogP contribution in [0.25, 0.3) is 11.3 Å². The molecular formula is C22H20ClN3O2. The fraction of sp³-hybridized carbons (Fsp3) is 0.227. The quantitative estimate of drug-likeness (QED) is 0.679. The van der Waals surface area contributed by atoms with Crippen LogP contribution < -0.4 is 10.5 Å². The Morgan fingerprint density at radius 1 is 1.14 bits per heavy atom. The number of rotatable bonds is 3. The average molecular weight is 394 g/mol. The zero-order chi connectivity index (χ0) is 19.7. The largest absolute Gasteiger partial charge is 0.311 e. The second-order valence-corrected chi connectivity index (χ2v) is 7.46. The first-order valence-electron chi connectivity index (χ1n) is 9.23. The second kappa shape index (κ2) is 7.60. The molecule has 1 aromatic heterocycles. The van der Waals surface area contributed by atoms with Gasteiger partial charge in [0.2, 0.25) is 5.91 Å². The fourth-order valence-corrected chi connectivity index (χ4v) is 3.67. The molecule has 4 rings (SSSR count). The van der Waals surface area contributed by atoms with E-state index in [2.05, 4.69) is 18.0 Å². The summed E-state index contributed by atoms with van der Waals surface area (Å²) in [6, 6.07) is 14.7. The minimum absolute atomic E-state index is 0.0277. The van der Waals surface area contributed by atoms with Gasteiger partial charge >= 0.3 is 0 Å². The van der Waals surface area contributed by atoms with E-state index in [0.29, 0.717) is 17.3 Å². The van der Waals surface area contributed by atoms with Crippen molar-refractivity contribution in [2.45, 2.75) is 26.3 Å². The summed E-state index contributed by atoms with van der Waals surface area (Å²) in [5, 5.41) is 0.625. The molecule has 0 saturated heterocycles. The minimum Gasteiger partial charge on any atom is -0.311 e. The highest BCUT2D eigenvalue weighted by molar-refractivity contribution is 6.30. The van der Waals surface area contributed by atoms with E-state index in [1.165, 1.54) is 28.1 Å². The van der Waals surface area contributed by atoms with Crippen LogP contribution in [0, 0.1) is 6.92 Å². The van der Waals surface area contributed by atoms with Crippen LogP contribution in [0.1, 0.15) is 17.5 Å². The van der Waals surface area contributed by atoms with Crippen molar-refractivity contribution in [1.29, 1.82) is 0 Å². The van der Waals surface area contributed by atoms with Gasteiger partial charge in [0.05, 0.1) is 12.0 Å². The SMILES string of the molecule is Cc1ccc2c(c1)CCCN2C(=O)Cn1cnc(-c2ccc(Cl)cc2)cc1=O. The van der Waals surface area contributed by atoms with Crippen LogP contribution in [-0.2, 0) is 17.8 Å². The van der Waals surface area contributed by atoms with E-state index in [9.17, 15) is 9.59 Å². The maximum Gasteiger partial charge on any atom is 0.254 e. The number of nitrogens with zero attached hydrogens (tertiary/aromatic N) is 3. The second-order valence-electron chi connectivity index (χ2n) is 7.03. The Morgan fingerprint density at radius 3 is 2.68 bits per heavy atom. The summed E-state index contributed by atoms with van der Waals surface area (Å²) >= 11 is 5.90. The molecule has 0 fully saturated rings. The number of carbonyl (C=O) groups excluding carboxylic acids is 1. The molecule has 28 heavy (non-hydrogen) atoms. The van der Waals surface area contributed by atoms with Gasteiger partial charge in [0.25, 0.3) is 5.56 Å². The number of hydrogen-bond acceptors (Lipinski definition) is 3. The Labute approximate surface area is 168 Å². The molecule has 0 bridgehead atoms. The lowest BCUT2D eigenvalue weighted by Gasteiger charge is -2.30. The standard InChI is InChI=1S/C22H20ClN3O2/c1-15-4-9-20-17(11-15)3-2-10-26(20)22(28)13-25-14-24-19(12-21(25)27)16-5-7-18(23)8-6-16/h4-9,11-12,14H,2-3,10,13H2,1H3. The molecule has 1 aliphatic heterocycles. The van der Waals surface area contributed by atoms with Crippen LogP contribution in [0.4, 0.5) is 5.69 Å². The number of carbonyl (C=O) groups is 1. The van der Waals surface area contributed by atoms with Crippen molar-refractivity contribution in [3.05, 3.63) is 81.4 Å². The Morgan fingerprint density at radius 2 is 1.93 bits per heavy atom. The molecule has 0 radical (unpaired) electrons. The van der Waals surface area contributed by atoms with Crippen molar-refractivity contribution in [3.8, 4) is 11.3 Å². The number of aryl methyl sites for hydroxylation is 2. The summed E-state index contributed by atoms with van der Waals surface area (Å²) in [6.07, 6.45) is 3.33. The molecule has 1 amide bonds. The third kappa shape index (κ3) is 3.71. The normalized spacial score (nSPS) is 13.3. The number of halogens is 1. The van der Waals surface area contributed by atoms with Gasteiger partial charge in [-0.3, -0.25) is 14.2 Å². The summed E-state index contributed by atoms with van der Waals surface area (Å²) in [7, 11) is 0. The number of hydrogen-bond donors (Lipinski definition) is 0. The Kier molecular flexibility index (Phi) is 5.01. The van der Waals surface area contributed by atoms with Crippen molar-refractivity contribution in [2.24, 2.45) is 0 Å². The van der Waals surface area contributed by atoms with Crippen molar-refractivity contribution >= 4 is 23.2 Å². The summed E-state index contributed by atoms with van der Waals surface area (Å²) in [5.41, 5.74) is 4.42. The van der Waals surface area contributed by atoms with E-state index in [0.717, 1.165) is 24.1 Å². The maximum atomic E-state index is 12.9. The summed E-state index contributed by atoms with van der Waals surface area (Å²) < 4.78 is 1.35. The van der Waals surface area contributed by atoms with Gasteiger partial charge in [-0.2, -0.15) is 0 Å². The monoisotopic (exact) mass is 393 g/mol. The summed E-state index contributed by atoms with van der Waals surface area (Å²) in [6.45, 7) is 2.69. The first kappa shape index (κ1) is 18.4. The van der Waals surface area contributed by atoms with Crippen LogP contribution >= 0.6 is 11.6 Å². The molecule has 0 N–H and O–H groups in total. The first-order valence-corrected chi connectivity index (χ1v) is 9.61. The molecule has 3 aromatic rings. The van der Waals surface area contributed by atoms with Gasteiger partial charge in [0.1, 0.15) is 6.54 Å². The lowest BCUT2D eigenvalue weighted by atomic mass is 9.99. The Hall–Kier alpha value is -2.92. The van der Waals surface area contributed by atoms with E-state index in [1.807, 2.05) is 24.3 Å². The van der Waals surface area contributed by atoms with E-state index in [-0.39, 0.29) is 18.0 Å². The van der Waals surface area contributed by atoms with Crippen LogP contribution in [0.15, 0.2) is 59.7 Å². The van der Waals surface area contributed by atoms with Crippen LogP contribution in [0.2, 0.25) is 5.02 Å². The van der Waals surface area contributed by atoms with Gasteiger partial charge in [-0.15, -0.1) is 0 Å². The average Bonchev–Trinajstić information content (AvgIpc) is 2.69. The lowest BCUT2D eigenvalue weighted by Crippen LogP contribution is -2.39. The summed E-state index contributed by atoms with van der Waals surface area (Å²) in [5.74, 6) is -0.104. The van der Waals surface area contributed by atoms with Gasteiger partial charge in [0.15, 0.2) is 0 Å². The molecular weight excluding hydrogens is 374 g/mol. The van der Waals surface area contributed by atoms with E-state index in [4.69, 9.17) is 11.6 Å². The molecule has 142 valence electrons. The molecule has 0 spiro atoms. The van der Waals surface area contributed by atoms with E-state index < -0.39 is 0 Å². The molecule has 2 heterocycles. The summed E-state index contributed by atoms with van der Waals surface area (Å²) in [4.78, 5) is 31.5. The molecule has 6 heteroatoms. The van der Waals surface area contributed by atoms with Crippen LogP contribution in [0.3, 0.4) is 0 Å². The van der Waals surface area contributed by atoms with Gasteiger partial charge in [0, 0.05) is 28.9 Å². The lowest BCUT2D eigenvalue weighted by molar-refractivity contribution is -0.119. The van der Waals surface area contributed by atoms with E-state index >= 15 is 0 Å². The zero-order valence-corrected chi connectivity index (χ0v) is 16.3. The molecule has 0 aliphatic carbocycles. The molecule has 0 unspecified atom stereocenters. The van der Waals surface area contributed by atoms with Gasteiger partial charge < -0.3 is 4.90 Å². The number of aromatic nitrogens is 2. The zero-order valence-electron chi connectivity index (χ0n) is 15.6. The van der Waals surface area contributed by atoms with Gasteiger partial charge in [-0.25, -0.2) is 4.98 Å². The van der Waals surface area contributed by atoms with E-state index in [1.54, 1.807) is 17.0 Å². The van der Waals surface area contributed by atoms with Crippen molar-refractivity contribution in [1.82, 2.24) is 9.55 Å². The Bertz CT molecular complexity index is 1090. The minimum atomic E-state index is -0.255. The maximum absolute atomic E-state index is 12.9. The molecule has 1 aliphatic rings. The van der Waals surface area contributed by atoms with Crippen LogP contribution in [-0.4, -0.2) is 22.0 Å². The molecule has 2 aromatic carbocycles. The Balaban J connectivity index is 1.56. The highest BCUT2D eigenvalue weighted by atomic mass is 35.5. The predicted molar refractivity (Wildman–Crippen MR) is 111 cm³/mol. The van der Waals surface area contributed by atoms with Gasteiger partial charge in [-0.1, -0.05) is 41.4 Å². The number of benzene rings is 2. The smallest absolute Gasteiger partial charge is 0.254 e. The van der Waals surface area contributed by atoms with Gasteiger partial charge in [-0.05, 0) is 43.5 Å². The molecule has 0 saturated carbocycles. The third-order valence-electron chi connectivity index (χ3n) is 4.98. The third-order valence-corrected chi connectivity index (χ3v) is 5.23. The van der Waals surface area contributed by atoms with Crippen molar-refractivity contribution < 1.29 is 4.79 Å². The fourth-order valence-electron chi connectivity index (χ4n) is 3.54. The highest BCUT2D eigenvalue weighted by Gasteiger charge is 2.23. The van der Waals surface area contributed by atoms with Crippen molar-refractivity contribution in [2.75, 3.05) is 11.4 Å². The molecule has 0 atom stereocenters. The first-order chi connectivity index (χ1) is 13.5. The topological polar surface area (TPSA) is 55.2 Å². The number of anilines is 1. The predicted octanol–water partition coefficient (Wildman–Crippen LogP) is 3.85. The number of fused-ring (bicyclic) bond motifs is 1. The van der Waals surface area contributed by atoms with Crippen molar-refractivity contribution in [3.63, 3.8) is 0 Å². The van der Waals surface area contributed by atoms with Crippen LogP contribution in [0.5, 0.6) is 0 Å².